The van der Waals surface area contributed by atoms with Crippen molar-refractivity contribution >= 4 is 56.5 Å². The average Bonchev–Trinajstić information content (AvgIpc) is 2.62. The average molecular weight is 494 g/mol. The molecule has 10 heteroatoms. The van der Waals surface area contributed by atoms with Crippen LogP contribution in [0.5, 0.6) is 11.5 Å². The highest BCUT2D eigenvalue weighted by atomic mass is 35.5. The molecule has 0 aromatic heterocycles. The van der Waals surface area contributed by atoms with Crippen molar-refractivity contribution in [3.63, 3.8) is 0 Å². The fraction of sp³-hybridized carbons (Fsp3) is 0.0526. The molecule has 0 aliphatic carbocycles. The number of rotatable bonds is 4. The Kier molecular flexibility index (Phi) is 5.98. The highest BCUT2D eigenvalue weighted by molar-refractivity contribution is 7.87. The Hall–Kier alpha value is -1.67. The van der Waals surface area contributed by atoms with Crippen molar-refractivity contribution in [1.82, 2.24) is 0 Å². The molecule has 0 radical (unpaired) electrons. The Balaban J connectivity index is 2.61. The number of phenolic OH excluding ortho intramolecular Hbond substituents is 2. The molecule has 3 N–H and O–H groups in total. The van der Waals surface area contributed by atoms with E-state index in [0.29, 0.717) is 0 Å². The zero-order valence-corrected chi connectivity index (χ0v) is 18.1. The van der Waals surface area contributed by atoms with Gasteiger partial charge in [-0.05, 0) is 35.9 Å². The molecule has 0 bridgehead atoms. The topological polar surface area (TPSA) is 94.8 Å². The molecule has 0 spiro atoms. The first-order valence-electron chi connectivity index (χ1n) is 7.89. The maximum atomic E-state index is 13.0. The first-order valence-corrected chi connectivity index (χ1v) is 10.8. The second-order valence-electron chi connectivity index (χ2n) is 6.09. The summed E-state index contributed by atoms with van der Waals surface area (Å²) in [5, 5.41) is 19.2. The van der Waals surface area contributed by atoms with Crippen LogP contribution < -0.4 is 0 Å². The molecule has 0 saturated heterocycles. The van der Waals surface area contributed by atoms with Gasteiger partial charge in [-0.15, -0.1) is 0 Å². The van der Waals surface area contributed by atoms with Crippen LogP contribution in [-0.4, -0.2) is 23.2 Å². The fourth-order valence-corrected chi connectivity index (χ4v) is 5.63. The highest BCUT2D eigenvalue weighted by Crippen LogP contribution is 2.51. The smallest absolute Gasteiger partial charge is 0.283 e. The third-order valence-electron chi connectivity index (χ3n) is 4.39. The van der Waals surface area contributed by atoms with Crippen molar-refractivity contribution in [3.05, 3.63) is 91.4 Å². The molecule has 3 rings (SSSR count). The minimum Gasteiger partial charge on any atom is -0.508 e. The van der Waals surface area contributed by atoms with Gasteiger partial charge in [0.05, 0.1) is 15.1 Å². The zero-order valence-electron chi connectivity index (χ0n) is 14.3. The van der Waals surface area contributed by atoms with Gasteiger partial charge in [-0.25, -0.2) is 0 Å². The van der Waals surface area contributed by atoms with Crippen molar-refractivity contribution < 1.29 is 23.2 Å². The van der Waals surface area contributed by atoms with E-state index < -0.39 is 14.9 Å². The van der Waals surface area contributed by atoms with E-state index in [1.54, 1.807) is 0 Å². The Labute approximate surface area is 186 Å². The standard InChI is InChI=1S/C19H12Cl4O5S/c20-15-7-6-14(17(22)18(15)23)19(29(26,27)28,10-2-1-3-11(24)8-10)13-5-4-12(25)9-16(13)21/h1-9,24-25H,(H,26,27,28). The van der Waals surface area contributed by atoms with E-state index in [1.807, 2.05) is 0 Å². The second-order valence-corrected chi connectivity index (χ2v) is 9.23. The number of phenols is 2. The Morgan fingerprint density at radius 1 is 0.724 bits per heavy atom. The van der Waals surface area contributed by atoms with Gasteiger partial charge in [-0.3, -0.25) is 4.55 Å². The number of benzene rings is 3. The quantitative estimate of drug-likeness (QED) is 0.239. The third-order valence-corrected chi connectivity index (χ3v) is 7.44. The number of halogens is 4. The summed E-state index contributed by atoms with van der Waals surface area (Å²) in [6, 6.07) is 11.4. The third kappa shape index (κ3) is 3.65. The SMILES string of the molecule is O=S(=O)(O)C(c1cccc(O)c1)(c1ccc(O)cc1Cl)c1ccc(Cl)c(Cl)c1Cl. The molecule has 3 aromatic rings. The lowest BCUT2D eigenvalue weighted by molar-refractivity contribution is 0.455. The number of hydrogen-bond acceptors (Lipinski definition) is 4. The van der Waals surface area contributed by atoms with Crippen molar-refractivity contribution in [1.29, 1.82) is 0 Å². The molecule has 1 atom stereocenters. The molecule has 152 valence electrons. The minimum absolute atomic E-state index is 0.0621. The van der Waals surface area contributed by atoms with Crippen LogP contribution in [0.15, 0.2) is 54.6 Å². The first kappa shape index (κ1) is 22.0. The fourth-order valence-electron chi connectivity index (χ4n) is 3.20. The van der Waals surface area contributed by atoms with E-state index in [1.165, 1.54) is 42.5 Å². The molecule has 1 unspecified atom stereocenters. The predicted octanol–water partition coefficient (Wildman–Crippen LogP) is 5.89. The van der Waals surface area contributed by atoms with Crippen molar-refractivity contribution in [3.8, 4) is 11.5 Å². The van der Waals surface area contributed by atoms with Gasteiger partial charge in [0.1, 0.15) is 11.5 Å². The molecule has 0 aliphatic heterocycles. The van der Waals surface area contributed by atoms with Gasteiger partial charge in [0, 0.05) is 16.1 Å². The lowest BCUT2D eigenvalue weighted by atomic mass is 9.83. The van der Waals surface area contributed by atoms with Crippen molar-refractivity contribution in [2.24, 2.45) is 0 Å². The number of hydrogen-bond donors (Lipinski definition) is 3. The maximum Gasteiger partial charge on any atom is 0.283 e. The summed E-state index contributed by atoms with van der Waals surface area (Å²) < 4.78 is 34.0. The lowest BCUT2D eigenvalue weighted by Gasteiger charge is -2.34. The summed E-state index contributed by atoms with van der Waals surface area (Å²) in [6.07, 6.45) is 0. The van der Waals surface area contributed by atoms with Crippen LogP contribution >= 0.6 is 46.4 Å². The Morgan fingerprint density at radius 3 is 1.93 bits per heavy atom. The van der Waals surface area contributed by atoms with E-state index >= 15 is 0 Å². The summed E-state index contributed by atoms with van der Waals surface area (Å²) in [5.74, 6) is -0.485. The monoisotopic (exact) mass is 492 g/mol. The largest absolute Gasteiger partial charge is 0.508 e. The van der Waals surface area contributed by atoms with Crippen LogP contribution in [0.2, 0.25) is 20.1 Å². The van der Waals surface area contributed by atoms with E-state index in [2.05, 4.69) is 0 Å². The lowest BCUT2D eigenvalue weighted by Crippen LogP contribution is -2.39. The normalized spacial score (nSPS) is 13.8. The molecule has 0 fully saturated rings. The van der Waals surface area contributed by atoms with E-state index in [9.17, 15) is 23.2 Å². The predicted molar refractivity (Wildman–Crippen MR) is 114 cm³/mol. The summed E-state index contributed by atoms with van der Waals surface area (Å²) in [6.45, 7) is 0. The van der Waals surface area contributed by atoms with Crippen LogP contribution in [0.4, 0.5) is 0 Å². The minimum atomic E-state index is -5.05. The van der Waals surface area contributed by atoms with Gasteiger partial charge in [-0.1, -0.05) is 70.7 Å². The molecule has 0 saturated carbocycles. The highest BCUT2D eigenvalue weighted by Gasteiger charge is 2.51. The van der Waals surface area contributed by atoms with Crippen LogP contribution in [-0.2, 0) is 14.9 Å². The van der Waals surface area contributed by atoms with Crippen molar-refractivity contribution in [2.45, 2.75) is 4.75 Å². The van der Waals surface area contributed by atoms with Gasteiger partial charge < -0.3 is 10.2 Å². The zero-order chi connectivity index (χ0) is 21.6. The van der Waals surface area contributed by atoms with Gasteiger partial charge >= 0.3 is 0 Å². The molecular formula is C19H12Cl4O5S. The van der Waals surface area contributed by atoms with E-state index in [0.717, 1.165) is 12.1 Å². The second kappa shape index (κ2) is 7.87. The molecule has 5 nitrogen and oxygen atoms in total. The summed E-state index contributed by atoms with van der Waals surface area (Å²) in [5.41, 5.74) is -0.326. The van der Waals surface area contributed by atoms with E-state index in [4.69, 9.17) is 46.4 Å². The van der Waals surface area contributed by atoms with Gasteiger partial charge in [0.15, 0.2) is 4.75 Å². The summed E-state index contributed by atoms with van der Waals surface area (Å²) in [4.78, 5) is 0. The maximum absolute atomic E-state index is 13.0. The molecule has 29 heavy (non-hydrogen) atoms. The van der Waals surface area contributed by atoms with Gasteiger partial charge in [0.2, 0.25) is 0 Å². The van der Waals surface area contributed by atoms with Crippen LogP contribution in [0.3, 0.4) is 0 Å². The van der Waals surface area contributed by atoms with Crippen LogP contribution in [0.1, 0.15) is 16.7 Å². The Bertz CT molecular complexity index is 1210. The molecular weight excluding hydrogens is 482 g/mol. The number of aromatic hydroxyl groups is 2. The van der Waals surface area contributed by atoms with Crippen molar-refractivity contribution in [2.75, 3.05) is 0 Å². The van der Waals surface area contributed by atoms with Gasteiger partial charge in [0.25, 0.3) is 10.1 Å². The van der Waals surface area contributed by atoms with Crippen LogP contribution in [0, 0.1) is 0 Å². The van der Waals surface area contributed by atoms with Crippen LogP contribution in [0.25, 0.3) is 0 Å². The Morgan fingerprint density at radius 2 is 1.34 bits per heavy atom. The molecule has 0 amide bonds. The first-order chi connectivity index (χ1) is 13.5. The molecule has 0 heterocycles. The summed E-state index contributed by atoms with van der Waals surface area (Å²) in [7, 11) is -5.05. The van der Waals surface area contributed by atoms with E-state index in [-0.39, 0.29) is 48.3 Å². The molecule has 3 aromatic carbocycles. The summed E-state index contributed by atoms with van der Waals surface area (Å²) >= 11 is 24.8. The molecule has 0 aliphatic rings. The van der Waals surface area contributed by atoms with Gasteiger partial charge in [-0.2, -0.15) is 8.42 Å².